The maximum absolute atomic E-state index is 2.52. The topological polar surface area (TPSA) is 8.81 Å². The number of nitrogens with zero attached hydrogens (tertiary/aromatic N) is 2. The Balaban J connectivity index is 1.82. The quantitative estimate of drug-likeness (QED) is 0.352. The summed E-state index contributed by atoms with van der Waals surface area (Å²) in [4.78, 5) is 0. The molecule has 2 unspecified atom stereocenters. The van der Waals surface area contributed by atoms with Crippen molar-refractivity contribution in [3.63, 3.8) is 0 Å². The number of allylic oxidation sites excluding steroid dienone is 2. The van der Waals surface area contributed by atoms with Gasteiger partial charge in [0.15, 0.2) is 11.0 Å². The largest absolute Gasteiger partial charge is 0.295 e. The van der Waals surface area contributed by atoms with Gasteiger partial charge in [-0.2, -0.15) is 4.57 Å². The molecule has 3 aromatic carbocycles. The van der Waals surface area contributed by atoms with Gasteiger partial charge in [-0.1, -0.05) is 54.6 Å². The van der Waals surface area contributed by atoms with Crippen LogP contribution in [-0.4, -0.2) is 4.57 Å². The molecule has 4 aromatic rings. The zero-order valence-electron chi connectivity index (χ0n) is 13.7. The van der Waals surface area contributed by atoms with Gasteiger partial charge in [-0.05, 0) is 42.0 Å². The standard InChI is InChI=1S/C23H17N2/c1-2-8-16(9-3-1)24-21-12-6-7-13-22(21)25-20-15-14-18(20)17-10-4-5-11-19(17)23(24)25/h1-15,18,20H/q+1. The molecule has 1 aliphatic carbocycles. The van der Waals surface area contributed by atoms with E-state index in [1.165, 1.54) is 33.7 Å². The number of fused-ring (bicyclic) bond motifs is 8. The van der Waals surface area contributed by atoms with E-state index in [1.54, 1.807) is 0 Å². The van der Waals surface area contributed by atoms with Crippen LogP contribution >= 0.6 is 0 Å². The summed E-state index contributed by atoms with van der Waals surface area (Å²) < 4.78 is 4.94. The van der Waals surface area contributed by atoms with E-state index in [0.717, 1.165) is 0 Å². The van der Waals surface area contributed by atoms with Crippen LogP contribution in [0.1, 0.15) is 17.5 Å². The number of aromatic nitrogens is 2. The fraction of sp³-hybridized carbons (Fsp3) is 0.0870. The molecule has 2 aliphatic rings. The van der Waals surface area contributed by atoms with Crippen LogP contribution in [0.25, 0.3) is 28.1 Å². The average molecular weight is 321 g/mol. The van der Waals surface area contributed by atoms with Gasteiger partial charge >= 0.3 is 0 Å². The molecule has 2 atom stereocenters. The van der Waals surface area contributed by atoms with Gasteiger partial charge in [0, 0.05) is 5.92 Å². The maximum atomic E-state index is 2.52. The minimum Gasteiger partial charge on any atom is -0.215 e. The predicted octanol–water partition coefficient (Wildman–Crippen LogP) is 4.79. The Morgan fingerprint density at radius 3 is 2.32 bits per heavy atom. The van der Waals surface area contributed by atoms with Gasteiger partial charge in [-0.3, -0.25) is 0 Å². The fourth-order valence-corrected chi connectivity index (χ4v) is 4.43. The summed E-state index contributed by atoms with van der Waals surface area (Å²) in [5.74, 6) is 1.78. The molecule has 0 saturated heterocycles. The molecule has 1 aliphatic heterocycles. The summed E-state index contributed by atoms with van der Waals surface area (Å²) in [5.41, 5.74) is 6.56. The lowest BCUT2D eigenvalue weighted by atomic mass is 9.77. The molecule has 2 heterocycles. The highest BCUT2D eigenvalue weighted by atomic mass is 15.2. The summed E-state index contributed by atoms with van der Waals surface area (Å²) in [6.45, 7) is 0. The monoisotopic (exact) mass is 321 g/mol. The van der Waals surface area contributed by atoms with Crippen LogP contribution < -0.4 is 4.57 Å². The molecule has 0 N–H and O–H groups in total. The summed E-state index contributed by atoms with van der Waals surface area (Å²) in [6, 6.07) is 28.7. The van der Waals surface area contributed by atoms with E-state index >= 15 is 0 Å². The van der Waals surface area contributed by atoms with E-state index in [0.29, 0.717) is 12.0 Å². The number of para-hydroxylation sites is 3. The van der Waals surface area contributed by atoms with Gasteiger partial charge < -0.3 is 0 Å². The Bertz CT molecular complexity index is 1150. The molecule has 0 saturated carbocycles. The molecule has 25 heavy (non-hydrogen) atoms. The smallest absolute Gasteiger partial charge is 0.215 e. The first-order valence-electron chi connectivity index (χ1n) is 8.81. The number of rotatable bonds is 1. The molecule has 0 spiro atoms. The highest BCUT2D eigenvalue weighted by Crippen LogP contribution is 2.46. The van der Waals surface area contributed by atoms with Gasteiger partial charge in [0.1, 0.15) is 11.7 Å². The first-order valence-corrected chi connectivity index (χ1v) is 8.81. The highest BCUT2D eigenvalue weighted by molar-refractivity contribution is 5.81. The van der Waals surface area contributed by atoms with E-state index in [4.69, 9.17) is 0 Å². The minimum atomic E-state index is 0.416. The van der Waals surface area contributed by atoms with E-state index in [-0.39, 0.29) is 0 Å². The molecule has 0 bridgehead atoms. The number of benzene rings is 3. The Morgan fingerprint density at radius 1 is 0.720 bits per heavy atom. The molecular formula is C23H17N2+. The summed E-state index contributed by atoms with van der Waals surface area (Å²) in [7, 11) is 0. The fourth-order valence-electron chi connectivity index (χ4n) is 4.43. The normalized spacial score (nSPS) is 19.8. The zero-order chi connectivity index (χ0) is 16.4. The lowest BCUT2D eigenvalue weighted by Gasteiger charge is -2.33. The molecular weight excluding hydrogens is 304 g/mol. The SMILES string of the molecule is C1=CC2C1c1ccccc1-c1n(-c3ccccc3)c3ccccc3[n+]12. The van der Waals surface area contributed by atoms with E-state index < -0.39 is 0 Å². The van der Waals surface area contributed by atoms with E-state index in [9.17, 15) is 0 Å². The third-order valence-electron chi connectivity index (χ3n) is 5.58. The van der Waals surface area contributed by atoms with Crippen molar-refractivity contribution in [2.24, 2.45) is 0 Å². The van der Waals surface area contributed by atoms with E-state index in [2.05, 4.69) is 100 Å². The van der Waals surface area contributed by atoms with Crippen LogP contribution in [0, 0.1) is 0 Å². The second-order valence-electron chi connectivity index (χ2n) is 6.84. The van der Waals surface area contributed by atoms with Crippen molar-refractivity contribution in [1.29, 1.82) is 0 Å². The summed E-state index contributed by atoms with van der Waals surface area (Å²) in [6.07, 6.45) is 4.68. The number of hydrogen-bond acceptors (Lipinski definition) is 0. The Kier molecular flexibility index (Phi) is 2.48. The number of hydrogen-bond donors (Lipinski definition) is 0. The molecule has 0 radical (unpaired) electrons. The predicted molar refractivity (Wildman–Crippen MR) is 99.8 cm³/mol. The summed E-state index contributed by atoms with van der Waals surface area (Å²) in [5, 5.41) is 0. The molecule has 0 amide bonds. The highest BCUT2D eigenvalue weighted by Gasteiger charge is 2.44. The third kappa shape index (κ3) is 1.61. The molecule has 0 fully saturated rings. The van der Waals surface area contributed by atoms with Gasteiger partial charge in [0.25, 0.3) is 5.82 Å². The second-order valence-corrected chi connectivity index (χ2v) is 6.84. The molecule has 6 rings (SSSR count). The molecule has 2 nitrogen and oxygen atoms in total. The lowest BCUT2D eigenvalue weighted by Crippen LogP contribution is -2.48. The first-order chi connectivity index (χ1) is 12.4. The average Bonchev–Trinajstić information content (AvgIpc) is 2.97. The third-order valence-corrected chi connectivity index (χ3v) is 5.58. The lowest BCUT2D eigenvalue weighted by molar-refractivity contribution is -0.684. The second kappa shape index (κ2) is 4.70. The van der Waals surface area contributed by atoms with Crippen molar-refractivity contribution in [2.75, 3.05) is 0 Å². The van der Waals surface area contributed by atoms with Gasteiger partial charge in [-0.15, -0.1) is 0 Å². The van der Waals surface area contributed by atoms with Crippen molar-refractivity contribution >= 4 is 11.0 Å². The molecule has 118 valence electrons. The zero-order valence-corrected chi connectivity index (χ0v) is 13.7. The van der Waals surface area contributed by atoms with Gasteiger partial charge in [0.2, 0.25) is 0 Å². The first kappa shape index (κ1) is 13.2. The molecule has 1 aromatic heterocycles. The van der Waals surface area contributed by atoms with Crippen molar-refractivity contribution in [2.45, 2.75) is 12.0 Å². The van der Waals surface area contributed by atoms with Crippen LogP contribution in [0.3, 0.4) is 0 Å². The summed E-state index contributed by atoms with van der Waals surface area (Å²) >= 11 is 0. The Labute approximate surface area is 146 Å². The van der Waals surface area contributed by atoms with Crippen molar-refractivity contribution in [3.8, 4) is 17.1 Å². The van der Waals surface area contributed by atoms with Crippen LogP contribution in [0.2, 0.25) is 0 Å². The maximum Gasteiger partial charge on any atom is 0.295 e. The van der Waals surface area contributed by atoms with Crippen LogP contribution in [0.5, 0.6) is 0 Å². The van der Waals surface area contributed by atoms with Crippen molar-refractivity contribution in [3.05, 3.63) is 96.6 Å². The van der Waals surface area contributed by atoms with Gasteiger partial charge in [0.05, 0.1) is 5.56 Å². The van der Waals surface area contributed by atoms with Crippen LogP contribution in [0.4, 0.5) is 0 Å². The van der Waals surface area contributed by atoms with E-state index in [1.807, 2.05) is 0 Å². The van der Waals surface area contributed by atoms with Gasteiger partial charge in [-0.25, -0.2) is 4.57 Å². The van der Waals surface area contributed by atoms with Crippen molar-refractivity contribution < 1.29 is 4.57 Å². The van der Waals surface area contributed by atoms with Crippen molar-refractivity contribution in [1.82, 2.24) is 4.57 Å². The minimum absolute atomic E-state index is 0.416. The van der Waals surface area contributed by atoms with Crippen LogP contribution in [-0.2, 0) is 0 Å². The van der Waals surface area contributed by atoms with Crippen LogP contribution in [0.15, 0.2) is 91.0 Å². The Morgan fingerprint density at radius 2 is 1.48 bits per heavy atom. The molecule has 2 heteroatoms. The Hall–Kier alpha value is -3.13. The number of imidazole rings is 1.